The lowest BCUT2D eigenvalue weighted by atomic mass is 9.99. The molecule has 3 aromatic rings. The first-order chi connectivity index (χ1) is 14.3. The number of benzene rings is 1. The average Bonchev–Trinajstić information content (AvgIpc) is 3.49. The SMILES string of the molecule is CC[C@@H]1CSC2=N[C@@H](c3ccccn3)[C@H](c3cccn3-c3ccccc3OC)N21. The molecule has 2 aliphatic heterocycles. The van der Waals surface area contributed by atoms with Gasteiger partial charge < -0.3 is 14.2 Å². The van der Waals surface area contributed by atoms with Crippen molar-refractivity contribution >= 4 is 16.9 Å². The predicted octanol–water partition coefficient (Wildman–Crippen LogP) is 4.86. The van der Waals surface area contributed by atoms with E-state index in [-0.39, 0.29) is 12.1 Å². The van der Waals surface area contributed by atoms with Gasteiger partial charge in [-0.05, 0) is 42.8 Å². The van der Waals surface area contributed by atoms with Crippen molar-refractivity contribution in [2.45, 2.75) is 31.5 Å². The molecule has 4 heterocycles. The topological polar surface area (TPSA) is 42.6 Å². The van der Waals surface area contributed by atoms with Crippen molar-refractivity contribution in [2.75, 3.05) is 12.9 Å². The van der Waals surface area contributed by atoms with Crippen molar-refractivity contribution in [3.63, 3.8) is 0 Å². The van der Waals surface area contributed by atoms with Crippen LogP contribution in [0.3, 0.4) is 0 Å². The van der Waals surface area contributed by atoms with Crippen LogP contribution >= 0.6 is 11.8 Å². The Kier molecular flexibility index (Phi) is 4.79. The van der Waals surface area contributed by atoms with Gasteiger partial charge in [-0.3, -0.25) is 9.98 Å². The maximum Gasteiger partial charge on any atom is 0.160 e. The predicted molar refractivity (Wildman–Crippen MR) is 118 cm³/mol. The van der Waals surface area contributed by atoms with Gasteiger partial charge in [-0.25, -0.2) is 0 Å². The molecule has 1 fully saturated rings. The van der Waals surface area contributed by atoms with Crippen LogP contribution in [0.5, 0.6) is 5.75 Å². The number of rotatable bonds is 5. The van der Waals surface area contributed by atoms with Crippen molar-refractivity contribution in [2.24, 2.45) is 4.99 Å². The lowest BCUT2D eigenvalue weighted by Gasteiger charge is -2.32. The zero-order valence-corrected chi connectivity index (χ0v) is 17.4. The van der Waals surface area contributed by atoms with Gasteiger partial charge in [-0.2, -0.15) is 0 Å². The van der Waals surface area contributed by atoms with E-state index in [0.717, 1.165) is 34.5 Å². The largest absolute Gasteiger partial charge is 0.495 e. The summed E-state index contributed by atoms with van der Waals surface area (Å²) in [5.74, 6) is 1.96. The molecule has 3 atom stereocenters. The zero-order valence-electron chi connectivity index (χ0n) is 16.6. The van der Waals surface area contributed by atoms with Gasteiger partial charge in [0.2, 0.25) is 0 Å². The molecule has 1 aromatic carbocycles. The van der Waals surface area contributed by atoms with Crippen LogP contribution in [0.2, 0.25) is 0 Å². The molecule has 0 aliphatic carbocycles. The third-order valence-corrected chi connectivity index (χ3v) is 6.88. The van der Waals surface area contributed by atoms with E-state index >= 15 is 0 Å². The van der Waals surface area contributed by atoms with E-state index in [9.17, 15) is 0 Å². The van der Waals surface area contributed by atoms with Gasteiger partial charge in [0, 0.05) is 29.9 Å². The highest BCUT2D eigenvalue weighted by Crippen LogP contribution is 2.49. The highest BCUT2D eigenvalue weighted by Gasteiger charge is 2.46. The molecule has 0 bridgehead atoms. The van der Waals surface area contributed by atoms with E-state index in [4.69, 9.17) is 9.73 Å². The molecule has 0 radical (unpaired) electrons. The smallest absolute Gasteiger partial charge is 0.160 e. The first-order valence-electron chi connectivity index (χ1n) is 10.0. The molecule has 0 amide bonds. The van der Waals surface area contributed by atoms with Crippen LogP contribution in [-0.2, 0) is 0 Å². The molecule has 0 saturated carbocycles. The molecule has 6 heteroatoms. The van der Waals surface area contributed by atoms with E-state index in [0.29, 0.717) is 6.04 Å². The molecule has 0 spiro atoms. The average molecular weight is 405 g/mol. The normalized spacial score (nSPS) is 23.2. The van der Waals surface area contributed by atoms with E-state index in [1.54, 1.807) is 7.11 Å². The summed E-state index contributed by atoms with van der Waals surface area (Å²) < 4.78 is 7.89. The first kappa shape index (κ1) is 18.3. The third-order valence-electron chi connectivity index (χ3n) is 5.76. The van der Waals surface area contributed by atoms with Crippen molar-refractivity contribution in [3.05, 3.63) is 78.4 Å². The summed E-state index contributed by atoms with van der Waals surface area (Å²) in [7, 11) is 1.72. The number of amidine groups is 1. The molecule has 29 heavy (non-hydrogen) atoms. The third kappa shape index (κ3) is 3.02. The monoisotopic (exact) mass is 404 g/mol. The van der Waals surface area contributed by atoms with Crippen LogP contribution in [0.25, 0.3) is 5.69 Å². The molecule has 2 aromatic heterocycles. The fourth-order valence-electron chi connectivity index (χ4n) is 4.35. The second-order valence-corrected chi connectivity index (χ2v) is 8.30. The Labute approximate surface area is 175 Å². The van der Waals surface area contributed by atoms with Crippen LogP contribution < -0.4 is 4.74 Å². The highest BCUT2D eigenvalue weighted by molar-refractivity contribution is 8.14. The Morgan fingerprint density at radius 1 is 1.10 bits per heavy atom. The molecule has 5 nitrogen and oxygen atoms in total. The van der Waals surface area contributed by atoms with Crippen LogP contribution in [-0.4, -0.2) is 38.5 Å². The minimum Gasteiger partial charge on any atom is -0.495 e. The number of nitrogens with zero attached hydrogens (tertiary/aromatic N) is 4. The number of thioether (sulfide) groups is 1. The van der Waals surface area contributed by atoms with Gasteiger partial charge in [-0.1, -0.05) is 36.9 Å². The standard InChI is InChI=1S/C23H24N4OS/c1-3-16-15-29-23-25-21(17-9-6-7-13-24-17)22(27(16)23)19-11-8-14-26(19)18-10-4-5-12-20(18)28-2/h4-14,16,21-22H,3,15H2,1-2H3/t16-,21+,22+/m1/s1. The summed E-state index contributed by atoms with van der Waals surface area (Å²) in [5.41, 5.74) is 3.27. The number of hydrogen-bond acceptors (Lipinski definition) is 5. The Bertz CT molecular complexity index is 1030. The van der Waals surface area contributed by atoms with Crippen molar-refractivity contribution < 1.29 is 4.74 Å². The molecular weight excluding hydrogens is 380 g/mol. The van der Waals surface area contributed by atoms with Crippen molar-refractivity contribution in [3.8, 4) is 11.4 Å². The quantitative estimate of drug-likeness (QED) is 0.609. The second-order valence-electron chi connectivity index (χ2n) is 7.31. The summed E-state index contributed by atoms with van der Waals surface area (Å²) in [5, 5.41) is 1.14. The van der Waals surface area contributed by atoms with Gasteiger partial charge >= 0.3 is 0 Å². The molecular formula is C23H24N4OS. The van der Waals surface area contributed by atoms with Crippen LogP contribution in [0.4, 0.5) is 0 Å². The minimum absolute atomic E-state index is 0.0172. The number of aromatic nitrogens is 2. The Morgan fingerprint density at radius 3 is 2.76 bits per heavy atom. The summed E-state index contributed by atoms with van der Waals surface area (Å²) in [6.07, 6.45) is 5.08. The highest BCUT2D eigenvalue weighted by atomic mass is 32.2. The number of aliphatic imine (C=N–C) groups is 1. The lowest BCUT2D eigenvalue weighted by Crippen LogP contribution is -2.36. The first-order valence-corrected chi connectivity index (χ1v) is 11.0. The van der Waals surface area contributed by atoms with Gasteiger partial charge in [-0.15, -0.1) is 0 Å². The van der Waals surface area contributed by atoms with Crippen LogP contribution in [0.15, 0.2) is 72.0 Å². The Hall–Kier alpha value is -2.73. The second kappa shape index (κ2) is 7.59. The Balaban J connectivity index is 1.64. The number of fused-ring (bicyclic) bond motifs is 1. The van der Waals surface area contributed by atoms with Gasteiger partial charge in [0.05, 0.1) is 18.5 Å². The molecule has 148 valence electrons. The lowest BCUT2D eigenvalue weighted by molar-refractivity contribution is 0.248. The van der Waals surface area contributed by atoms with Crippen LogP contribution in [0.1, 0.15) is 36.8 Å². The molecule has 1 saturated heterocycles. The van der Waals surface area contributed by atoms with Gasteiger partial charge in [0.25, 0.3) is 0 Å². The number of hydrogen-bond donors (Lipinski definition) is 0. The van der Waals surface area contributed by atoms with Crippen molar-refractivity contribution in [1.82, 2.24) is 14.5 Å². The van der Waals surface area contributed by atoms with Gasteiger partial charge in [0.15, 0.2) is 5.17 Å². The number of ether oxygens (including phenoxy) is 1. The Morgan fingerprint density at radius 2 is 1.97 bits per heavy atom. The zero-order chi connectivity index (χ0) is 19.8. The summed E-state index contributed by atoms with van der Waals surface area (Å²) >= 11 is 1.87. The van der Waals surface area contributed by atoms with E-state index < -0.39 is 0 Å². The van der Waals surface area contributed by atoms with Gasteiger partial charge in [0.1, 0.15) is 17.8 Å². The summed E-state index contributed by atoms with van der Waals surface area (Å²) in [6, 6.07) is 19.2. The number of methoxy groups -OCH3 is 1. The minimum atomic E-state index is -0.0172. The number of pyridine rings is 1. The van der Waals surface area contributed by atoms with E-state index in [1.165, 1.54) is 5.69 Å². The fraction of sp³-hybridized carbons (Fsp3) is 0.304. The van der Waals surface area contributed by atoms with Crippen LogP contribution in [0, 0.1) is 0 Å². The maximum atomic E-state index is 5.65. The van der Waals surface area contributed by atoms with Crippen molar-refractivity contribution in [1.29, 1.82) is 0 Å². The molecule has 0 N–H and O–H groups in total. The number of para-hydroxylation sites is 2. The molecule has 0 unspecified atom stereocenters. The maximum absolute atomic E-state index is 5.65. The molecule has 5 rings (SSSR count). The van der Waals surface area contributed by atoms with E-state index in [1.807, 2.05) is 42.2 Å². The summed E-state index contributed by atoms with van der Waals surface area (Å²) in [6.45, 7) is 2.26. The molecule has 2 aliphatic rings. The van der Waals surface area contributed by atoms with E-state index in [2.05, 4.69) is 57.9 Å². The summed E-state index contributed by atoms with van der Waals surface area (Å²) in [4.78, 5) is 12.3. The fourth-order valence-corrected chi connectivity index (χ4v) is 5.69.